The molecule has 0 saturated heterocycles. The monoisotopic (exact) mass is 292 g/mol. The molecule has 114 valence electrons. The highest BCUT2D eigenvalue weighted by molar-refractivity contribution is 5.93. The van der Waals surface area contributed by atoms with Crippen molar-refractivity contribution in [1.82, 2.24) is 14.9 Å². The minimum Gasteiger partial charge on any atom is -0.318 e. The van der Waals surface area contributed by atoms with Gasteiger partial charge in [0, 0.05) is 24.0 Å². The summed E-state index contributed by atoms with van der Waals surface area (Å²) in [5.41, 5.74) is 1.75. The summed E-state index contributed by atoms with van der Waals surface area (Å²) in [7, 11) is 1.84. The second kappa shape index (κ2) is 6.76. The number of rotatable bonds is 4. The smallest absolute Gasteiger partial charge is 0.258 e. The zero-order valence-electron chi connectivity index (χ0n) is 12.7. The van der Waals surface area contributed by atoms with E-state index in [1.165, 1.54) is 16.7 Å². The third kappa shape index (κ3) is 3.64. The van der Waals surface area contributed by atoms with E-state index in [1.807, 2.05) is 7.05 Å². The first-order chi connectivity index (χ1) is 10.0. The number of halogens is 1. The van der Waals surface area contributed by atoms with Gasteiger partial charge in [-0.15, -0.1) is 0 Å². The Labute approximate surface area is 123 Å². The van der Waals surface area contributed by atoms with Crippen LogP contribution in [0.25, 0.3) is 5.70 Å². The van der Waals surface area contributed by atoms with Crippen LogP contribution in [0.3, 0.4) is 0 Å². The van der Waals surface area contributed by atoms with Gasteiger partial charge in [-0.25, -0.2) is 9.37 Å². The van der Waals surface area contributed by atoms with Crippen molar-refractivity contribution in [2.24, 2.45) is 4.99 Å². The summed E-state index contributed by atoms with van der Waals surface area (Å²) in [5.74, 6) is 0.592. The van der Waals surface area contributed by atoms with Gasteiger partial charge in [0.2, 0.25) is 0 Å². The Balaban J connectivity index is 2.26. The fourth-order valence-electron chi connectivity index (χ4n) is 2.50. The highest BCUT2D eigenvalue weighted by Crippen LogP contribution is 2.22. The Hall–Kier alpha value is -1.82. The number of likely N-dealkylation sites (N-methyl/N-ethyl adjacent to an activating group) is 1. The second-order valence-corrected chi connectivity index (χ2v) is 5.15. The van der Waals surface area contributed by atoms with Gasteiger partial charge in [-0.05, 0) is 39.8 Å². The molecule has 1 aromatic heterocycles. The standard InChI is InChI=1S/C15H21FN4O/c1-10-8-15(21)20(11(2)19-10)12-4-5-14(13(16)9-12)18-7-6-17-3/h8-9,13,17H,4-7H2,1-3H3. The van der Waals surface area contributed by atoms with E-state index in [0.29, 0.717) is 42.3 Å². The molecule has 1 N–H and O–H groups in total. The topological polar surface area (TPSA) is 59.3 Å². The van der Waals surface area contributed by atoms with Crippen molar-refractivity contribution in [1.29, 1.82) is 0 Å². The normalized spacial score (nSPS) is 20.7. The number of aryl methyl sites for hydroxylation is 2. The van der Waals surface area contributed by atoms with E-state index >= 15 is 0 Å². The zero-order valence-corrected chi connectivity index (χ0v) is 12.7. The predicted molar refractivity (Wildman–Crippen MR) is 82.6 cm³/mol. The lowest BCUT2D eigenvalue weighted by molar-refractivity contribution is 0.478. The van der Waals surface area contributed by atoms with Gasteiger partial charge in [0.1, 0.15) is 5.82 Å². The number of aromatic nitrogens is 2. The van der Waals surface area contributed by atoms with Crippen molar-refractivity contribution in [3.63, 3.8) is 0 Å². The number of nitrogens with zero attached hydrogens (tertiary/aromatic N) is 3. The van der Waals surface area contributed by atoms with Gasteiger partial charge in [0.25, 0.3) is 5.56 Å². The van der Waals surface area contributed by atoms with E-state index in [9.17, 15) is 9.18 Å². The summed E-state index contributed by atoms with van der Waals surface area (Å²) in [6, 6.07) is 1.47. The fourth-order valence-corrected chi connectivity index (χ4v) is 2.50. The van der Waals surface area contributed by atoms with E-state index < -0.39 is 6.17 Å². The van der Waals surface area contributed by atoms with Crippen molar-refractivity contribution < 1.29 is 4.39 Å². The number of allylic oxidation sites excluding steroid dienone is 2. The summed E-state index contributed by atoms with van der Waals surface area (Å²) in [6.07, 6.45) is 1.40. The molecule has 1 aromatic rings. The minimum absolute atomic E-state index is 0.158. The summed E-state index contributed by atoms with van der Waals surface area (Å²) in [4.78, 5) is 20.6. The number of alkyl halides is 1. The highest BCUT2D eigenvalue weighted by atomic mass is 19.1. The molecule has 1 unspecified atom stereocenters. The molecular weight excluding hydrogens is 271 g/mol. The number of aliphatic imine (C=N–C) groups is 1. The largest absolute Gasteiger partial charge is 0.318 e. The first-order valence-corrected chi connectivity index (χ1v) is 7.13. The zero-order chi connectivity index (χ0) is 15.4. The molecule has 5 nitrogen and oxygen atoms in total. The third-order valence-corrected chi connectivity index (χ3v) is 3.47. The van der Waals surface area contributed by atoms with E-state index in [-0.39, 0.29) is 5.56 Å². The van der Waals surface area contributed by atoms with Crippen molar-refractivity contribution in [2.45, 2.75) is 32.9 Å². The maximum absolute atomic E-state index is 14.2. The molecule has 1 aliphatic carbocycles. The Morgan fingerprint density at radius 3 is 2.86 bits per heavy atom. The fraction of sp³-hybridized carbons (Fsp3) is 0.533. The summed E-state index contributed by atoms with van der Waals surface area (Å²) in [6.45, 7) is 4.84. The first-order valence-electron chi connectivity index (χ1n) is 7.13. The number of hydrogen-bond donors (Lipinski definition) is 1. The van der Waals surface area contributed by atoms with Gasteiger partial charge in [-0.1, -0.05) is 0 Å². The third-order valence-electron chi connectivity index (χ3n) is 3.47. The van der Waals surface area contributed by atoms with E-state index in [4.69, 9.17) is 0 Å². The highest BCUT2D eigenvalue weighted by Gasteiger charge is 2.21. The van der Waals surface area contributed by atoms with E-state index in [0.717, 1.165) is 6.54 Å². The molecule has 21 heavy (non-hydrogen) atoms. The molecule has 0 bridgehead atoms. The molecule has 0 amide bonds. The average Bonchev–Trinajstić information content (AvgIpc) is 2.40. The van der Waals surface area contributed by atoms with Gasteiger partial charge in [0.15, 0.2) is 6.17 Å². The van der Waals surface area contributed by atoms with E-state index in [2.05, 4.69) is 15.3 Å². The van der Waals surface area contributed by atoms with Gasteiger partial charge in [-0.2, -0.15) is 0 Å². The molecule has 2 rings (SSSR count). The average molecular weight is 292 g/mol. The summed E-state index contributed by atoms with van der Waals surface area (Å²) < 4.78 is 15.7. The SMILES string of the molecule is CNCCN=C1CCC(n2c(C)nc(C)cc2=O)=CC1F. The van der Waals surface area contributed by atoms with Crippen LogP contribution < -0.4 is 10.9 Å². The molecular formula is C15H21FN4O. The number of hydrogen-bond acceptors (Lipinski definition) is 4. The molecule has 0 fully saturated rings. The maximum Gasteiger partial charge on any atom is 0.258 e. The van der Waals surface area contributed by atoms with Crippen LogP contribution in [0, 0.1) is 13.8 Å². The Morgan fingerprint density at radius 1 is 1.48 bits per heavy atom. The van der Waals surface area contributed by atoms with Crippen molar-refractivity contribution in [3.05, 3.63) is 34.0 Å². The van der Waals surface area contributed by atoms with Crippen LogP contribution in [-0.2, 0) is 0 Å². The molecule has 0 saturated carbocycles. The van der Waals surface area contributed by atoms with Crippen molar-refractivity contribution >= 4 is 11.4 Å². The second-order valence-electron chi connectivity index (χ2n) is 5.15. The van der Waals surface area contributed by atoms with Crippen LogP contribution in [0.15, 0.2) is 21.9 Å². The van der Waals surface area contributed by atoms with Crippen LogP contribution in [0.1, 0.15) is 24.4 Å². The Kier molecular flexibility index (Phi) is 5.01. The molecule has 0 spiro atoms. The molecule has 1 aliphatic rings. The summed E-state index contributed by atoms with van der Waals surface area (Å²) in [5, 5.41) is 2.98. The summed E-state index contributed by atoms with van der Waals surface area (Å²) >= 11 is 0. The number of nitrogens with one attached hydrogen (secondary N) is 1. The van der Waals surface area contributed by atoms with Crippen molar-refractivity contribution in [3.8, 4) is 0 Å². The molecule has 0 aliphatic heterocycles. The van der Waals surface area contributed by atoms with Crippen LogP contribution >= 0.6 is 0 Å². The van der Waals surface area contributed by atoms with Crippen LogP contribution in [0.4, 0.5) is 4.39 Å². The Morgan fingerprint density at radius 2 is 2.24 bits per heavy atom. The maximum atomic E-state index is 14.2. The van der Waals surface area contributed by atoms with Crippen LogP contribution in [0.5, 0.6) is 0 Å². The molecule has 1 atom stereocenters. The molecule has 0 radical (unpaired) electrons. The van der Waals surface area contributed by atoms with Crippen LogP contribution in [-0.4, -0.2) is 41.6 Å². The van der Waals surface area contributed by atoms with Gasteiger partial charge in [0.05, 0.1) is 12.3 Å². The quantitative estimate of drug-likeness (QED) is 0.855. The lowest BCUT2D eigenvalue weighted by atomic mass is 10.0. The van der Waals surface area contributed by atoms with E-state index in [1.54, 1.807) is 13.8 Å². The molecule has 0 aromatic carbocycles. The molecule has 1 heterocycles. The Bertz CT molecular complexity index is 633. The molecule has 6 heteroatoms. The predicted octanol–water partition coefficient (Wildman–Crippen LogP) is 1.49. The van der Waals surface area contributed by atoms with Gasteiger partial charge < -0.3 is 5.32 Å². The van der Waals surface area contributed by atoms with Gasteiger partial charge >= 0.3 is 0 Å². The lowest BCUT2D eigenvalue weighted by Crippen LogP contribution is -2.28. The van der Waals surface area contributed by atoms with Crippen LogP contribution in [0.2, 0.25) is 0 Å². The minimum atomic E-state index is -1.22. The lowest BCUT2D eigenvalue weighted by Gasteiger charge is -2.21. The first kappa shape index (κ1) is 15.6. The van der Waals surface area contributed by atoms with Crippen molar-refractivity contribution in [2.75, 3.05) is 20.1 Å². The van der Waals surface area contributed by atoms with Gasteiger partial charge in [-0.3, -0.25) is 14.4 Å².